The molecule has 4 heteroatoms. The number of nitro benzene ring substituents is 1. The van der Waals surface area contributed by atoms with Gasteiger partial charge >= 0.3 is 0 Å². The van der Waals surface area contributed by atoms with Crippen LogP contribution in [0.15, 0.2) is 18.2 Å². The van der Waals surface area contributed by atoms with Crippen molar-refractivity contribution in [3.05, 3.63) is 33.9 Å². The predicted octanol–water partition coefficient (Wildman–Crippen LogP) is 4.53. The highest BCUT2D eigenvalue weighted by Crippen LogP contribution is 2.28. The fraction of sp³-hybridized carbons (Fsp3) is 0.600. The lowest BCUT2D eigenvalue weighted by Gasteiger charge is -2.16. The molecule has 0 radical (unpaired) electrons. The molecule has 1 atom stereocenters. The molecule has 0 heterocycles. The van der Waals surface area contributed by atoms with Crippen molar-refractivity contribution >= 4 is 11.4 Å². The van der Waals surface area contributed by atoms with Crippen LogP contribution >= 0.6 is 0 Å². The molecular weight excluding hydrogens is 240 g/mol. The van der Waals surface area contributed by atoms with Crippen LogP contribution in [-0.2, 0) is 0 Å². The van der Waals surface area contributed by atoms with Gasteiger partial charge < -0.3 is 5.32 Å². The first-order valence-electron chi connectivity index (χ1n) is 7.08. The lowest BCUT2D eigenvalue weighted by atomic mass is 9.99. The highest BCUT2D eigenvalue weighted by atomic mass is 16.6. The molecule has 0 fully saturated rings. The lowest BCUT2D eigenvalue weighted by Crippen LogP contribution is -2.14. The third-order valence-corrected chi connectivity index (χ3v) is 3.54. The quantitative estimate of drug-likeness (QED) is 0.554. The van der Waals surface area contributed by atoms with Gasteiger partial charge in [-0.15, -0.1) is 0 Å². The summed E-state index contributed by atoms with van der Waals surface area (Å²) < 4.78 is 0. The van der Waals surface area contributed by atoms with E-state index in [2.05, 4.69) is 19.2 Å². The number of hydrogen-bond acceptors (Lipinski definition) is 3. The second-order valence-electron chi connectivity index (χ2n) is 5.03. The van der Waals surface area contributed by atoms with E-state index in [0.717, 1.165) is 13.0 Å². The van der Waals surface area contributed by atoms with Crippen molar-refractivity contribution in [1.29, 1.82) is 0 Å². The van der Waals surface area contributed by atoms with Gasteiger partial charge in [0.05, 0.1) is 4.92 Å². The minimum atomic E-state index is -0.301. The van der Waals surface area contributed by atoms with Crippen molar-refractivity contribution < 1.29 is 4.92 Å². The Bertz CT molecular complexity index is 419. The van der Waals surface area contributed by atoms with Crippen molar-refractivity contribution in [2.75, 3.05) is 11.9 Å². The molecule has 1 rings (SSSR count). The third kappa shape index (κ3) is 4.54. The molecule has 4 nitrogen and oxygen atoms in total. The molecule has 0 saturated carbocycles. The standard InChI is InChI=1S/C15H24N2O2/c1-4-6-9-13(5-2)11-16-14-10-7-8-12(3)15(14)17(18)19/h7-8,10,13,16H,4-6,9,11H2,1-3H3. The van der Waals surface area contributed by atoms with Gasteiger partial charge in [-0.25, -0.2) is 0 Å². The van der Waals surface area contributed by atoms with Gasteiger partial charge in [0, 0.05) is 12.1 Å². The summed E-state index contributed by atoms with van der Waals surface area (Å²) in [6.45, 7) is 6.94. The normalized spacial score (nSPS) is 12.2. The summed E-state index contributed by atoms with van der Waals surface area (Å²) in [5, 5.41) is 14.3. The summed E-state index contributed by atoms with van der Waals surface area (Å²) in [5.74, 6) is 0.583. The van der Waals surface area contributed by atoms with Crippen molar-refractivity contribution in [3.63, 3.8) is 0 Å². The zero-order chi connectivity index (χ0) is 14.3. The van der Waals surface area contributed by atoms with E-state index >= 15 is 0 Å². The van der Waals surface area contributed by atoms with Gasteiger partial charge in [0.1, 0.15) is 5.69 Å². The van der Waals surface area contributed by atoms with E-state index < -0.39 is 0 Å². The summed E-state index contributed by atoms with van der Waals surface area (Å²) >= 11 is 0. The van der Waals surface area contributed by atoms with Crippen molar-refractivity contribution in [1.82, 2.24) is 0 Å². The Labute approximate surface area is 115 Å². The Morgan fingerprint density at radius 3 is 2.68 bits per heavy atom. The average molecular weight is 264 g/mol. The largest absolute Gasteiger partial charge is 0.379 e. The molecule has 0 saturated heterocycles. The Hall–Kier alpha value is -1.58. The van der Waals surface area contributed by atoms with Crippen LogP contribution in [0.2, 0.25) is 0 Å². The number of hydrogen-bond donors (Lipinski definition) is 1. The second kappa shape index (κ2) is 7.77. The van der Waals surface area contributed by atoms with Crippen LogP contribution in [0.3, 0.4) is 0 Å². The van der Waals surface area contributed by atoms with Crippen molar-refractivity contribution in [3.8, 4) is 0 Å². The maximum atomic E-state index is 11.1. The van der Waals surface area contributed by atoms with E-state index in [1.54, 1.807) is 19.1 Å². The molecule has 0 aliphatic rings. The number of benzene rings is 1. The number of aryl methyl sites for hydroxylation is 1. The number of unbranched alkanes of at least 4 members (excludes halogenated alkanes) is 1. The second-order valence-corrected chi connectivity index (χ2v) is 5.03. The van der Waals surface area contributed by atoms with Gasteiger partial charge in [-0.2, -0.15) is 0 Å². The molecule has 1 unspecified atom stereocenters. The number of anilines is 1. The van der Waals surface area contributed by atoms with Crippen LogP contribution < -0.4 is 5.32 Å². The van der Waals surface area contributed by atoms with Crippen LogP contribution in [0.1, 0.15) is 45.1 Å². The smallest absolute Gasteiger partial charge is 0.295 e. The molecule has 0 aliphatic carbocycles. The monoisotopic (exact) mass is 264 g/mol. The number of para-hydroxylation sites is 1. The summed E-state index contributed by atoms with van der Waals surface area (Å²) in [6.07, 6.45) is 4.70. The molecular formula is C15H24N2O2. The first-order chi connectivity index (χ1) is 9.10. The third-order valence-electron chi connectivity index (χ3n) is 3.54. The maximum Gasteiger partial charge on any atom is 0.295 e. The Morgan fingerprint density at radius 2 is 2.11 bits per heavy atom. The highest BCUT2D eigenvalue weighted by molar-refractivity contribution is 5.64. The van der Waals surface area contributed by atoms with E-state index in [1.807, 2.05) is 6.07 Å². The SMILES string of the molecule is CCCCC(CC)CNc1cccc(C)c1[N+](=O)[O-]. The number of nitro groups is 1. The lowest BCUT2D eigenvalue weighted by molar-refractivity contribution is -0.384. The van der Waals surface area contributed by atoms with Crippen molar-refractivity contribution in [2.24, 2.45) is 5.92 Å². The number of nitrogens with one attached hydrogen (secondary N) is 1. The van der Waals surface area contributed by atoms with Crippen LogP contribution in [-0.4, -0.2) is 11.5 Å². The van der Waals surface area contributed by atoms with Crippen LogP contribution in [0.4, 0.5) is 11.4 Å². The molecule has 0 bridgehead atoms. The maximum absolute atomic E-state index is 11.1. The van der Waals surface area contributed by atoms with Gasteiger partial charge in [0.15, 0.2) is 0 Å². The minimum absolute atomic E-state index is 0.202. The Balaban J connectivity index is 2.71. The fourth-order valence-corrected chi connectivity index (χ4v) is 2.24. The van der Waals surface area contributed by atoms with E-state index in [4.69, 9.17) is 0 Å². The van der Waals surface area contributed by atoms with Crippen LogP contribution in [0.25, 0.3) is 0 Å². The first kappa shape index (κ1) is 15.5. The summed E-state index contributed by atoms with van der Waals surface area (Å²) in [5.41, 5.74) is 1.55. The minimum Gasteiger partial charge on any atom is -0.379 e. The molecule has 1 aromatic rings. The molecule has 1 aromatic carbocycles. The van der Waals surface area contributed by atoms with Gasteiger partial charge in [0.25, 0.3) is 5.69 Å². The molecule has 1 N–H and O–H groups in total. The summed E-state index contributed by atoms with van der Waals surface area (Å²) in [4.78, 5) is 10.8. The van der Waals surface area contributed by atoms with Gasteiger partial charge in [-0.05, 0) is 25.3 Å². The molecule has 0 amide bonds. The van der Waals surface area contributed by atoms with Gasteiger partial charge in [-0.3, -0.25) is 10.1 Å². The van der Waals surface area contributed by atoms with Crippen molar-refractivity contribution in [2.45, 2.75) is 46.5 Å². The predicted molar refractivity (Wildman–Crippen MR) is 79.6 cm³/mol. The molecule has 106 valence electrons. The topological polar surface area (TPSA) is 55.2 Å². The number of rotatable bonds is 8. The molecule has 0 aliphatic heterocycles. The highest BCUT2D eigenvalue weighted by Gasteiger charge is 2.17. The van der Waals surface area contributed by atoms with E-state index in [1.165, 1.54) is 19.3 Å². The van der Waals surface area contributed by atoms with E-state index in [9.17, 15) is 10.1 Å². The zero-order valence-corrected chi connectivity index (χ0v) is 12.1. The molecule has 0 aromatic heterocycles. The first-order valence-corrected chi connectivity index (χ1v) is 7.08. The van der Waals surface area contributed by atoms with E-state index in [-0.39, 0.29) is 10.6 Å². The summed E-state index contributed by atoms with van der Waals surface area (Å²) in [7, 11) is 0. The average Bonchev–Trinajstić information content (AvgIpc) is 2.38. The van der Waals surface area contributed by atoms with Crippen LogP contribution in [0.5, 0.6) is 0 Å². The van der Waals surface area contributed by atoms with Gasteiger partial charge in [-0.1, -0.05) is 45.2 Å². The Morgan fingerprint density at radius 1 is 1.37 bits per heavy atom. The molecule has 19 heavy (non-hydrogen) atoms. The zero-order valence-electron chi connectivity index (χ0n) is 12.1. The fourth-order valence-electron chi connectivity index (χ4n) is 2.24. The van der Waals surface area contributed by atoms with Crippen LogP contribution in [0, 0.1) is 23.0 Å². The molecule has 0 spiro atoms. The number of nitrogens with zero attached hydrogens (tertiary/aromatic N) is 1. The Kier molecular flexibility index (Phi) is 6.33. The van der Waals surface area contributed by atoms with Gasteiger partial charge in [0.2, 0.25) is 0 Å². The van der Waals surface area contributed by atoms with E-state index in [0.29, 0.717) is 17.2 Å². The summed E-state index contributed by atoms with van der Waals surface area (Å²) in [6, 6.07) is 5.42.